The third-order valence-electron chi connectivity index (χ3n) is 2.47. The van der Waals surface area contributed by atoms with Crippen molar-refractivity contribution in [2.45, 2.75) is 6.42 Å². The van der Waals surface area contributed by atoms with Gasteiger partial charge in [0.2, 0.25) is 0 Å². The van der Waals surface area contributed by atoms with E-state index < -0.39 is 0 Å². The third-order valence-corrected chi connectivity index (χ3v) is 3.51. The maximum Gasteiger partial charge on any atom is 0.153 e. The molecular weight excluding hydrogens is 208 g/mol. The Bertz CT molecular complexity index is 335. The minimum atomic E-state index is 0.699. The first kappa shape index (κ1) is 10.5. The van der Waals surface area contributed by atoms with Gasteiger partial charge < -0.3 is 4.90 Å². The maximum atomic E-state index is 10.9. The molecule has 2 heterocycles. The molecule has 1 fully saturated rings. The number of hydrogen-bond acceptors (Lipinski definition) is 4. The fourth-order valence-corrected chi connectivity index (χ4v) is 2.61. The monoisotopic (exact) mass is 222 g/mol. The van der Waals surface area contributed by atoms with Crippen molar-refractivity contribution in [2.24, 2.45) is 0 Å². The quantitative estimate of drug-likeness (QED) is 0.715. The molecule has 1 aromatic heterocycles. The summed E-state index contributed by atoms with van der Waals surface area (Å²) >= 11 is 1.97. The van der Waals surface area contributed by atoms with Crippen LogP contribution in [0.3, 0.4) is 0 Å². The van der Waals surface area contributed by atoms with Crippen molar-refractivity contribution in [2.75, 3.05) is 29.5 Å². The first-order valence-electron chi connectivity index (χ1n) is 5.14. The Kier molecular flexibility index (Phi) is 3.61. The molecule has 0 amide bonds. The van der Waals surface area contributed by atoms with E-state index in [2.05, 4.69) is 9.88 Å². The van der Waals surface area contributed by atoms with Crippen LogP contribution in [-0.2, 0) is 0 Å². The van der Waals surface area contributed by atoms with E-state index in [4.69, 9.17) is 0 Å². The minimum Gasteiger partial charge on any atom is -0.355 e. The van der Waals surface area contributed by atoms with Gasteiger partial charge in [-0.1, -0.05) is 0 Å². The Morgan fingerprint density at radius 3 is 3.20 bits per heavy atom. The van der Waals surface area contributed by atoms with E-state index in [9.17, 15) is 4.79 Å². The van der Waals surface area contributed by atoms with Gasteiger partial charge in [-0.3, -0.25) is 4.79 Å². The fraction of sp³-hybridized carbons (Fsp3) is 0.455. The Hall–Kier alpha value is -1.03. The molecule has 4 heteroatoms. The van der Waals surface area contributed by atoms with Crippen LogP contribution in [0.2, 0.25) is 0 Å². The summed E-state index contributed by atoms with van der Waals surface area (Å²) in [5, 5.41) is 0. The van der Waals surface area contributed by atoms with Gasteiger partial charge in [0.15, 0.2) is 6.29 Å². The van der Waals surface area contributed by atoms with Crippen molar-refractivity contribution < 1.29 is 4.79 Å². The molecule has 1 aliphatic rings. The SMILES string of the molecule is O=Cc1cccnc1N1CCCSCC1. The predicted molar refractivity (Wildman–Crippen MR) is 63.8 cm³/mol. The lowest BCUT2D eigenvalue weighted by Crippen LogP contribution is -2.27. The van der Waals surface area contributed by atoms with E-state index >= 15 is 0 Å². The number of rotatable bonds is 2. The lowest BCUT2D eigenvalue weighted by molar-refractivity contribution is 0.112. The molecule has 0 unspecified atom stereocenters. The molecule has 0 spiro atoms. The summed E-state index contributed by atoms with van der Waals surface area (Å²) in [6.07, 6.45) is 3.81. The summed E-state index contributed by atoms with van der Waals surface area (Å²) in [6.45, 7) is 1.99. The van der Waals surface area contributed by atoms with Crippen LogP contribution in [0.5, 0.6) is 0 Å². The zero-order chi connectivity index (χ0) is 10.5. The van der Waals surface area contributed by atoms with Crippen LogP contribution >= 0.6 is 11.8 Å². The highest BCUT2D eigenvalue weighted by Crippen LogP contribution is 2.19. The molecule has 0 aliphatic carbocycles. The number of carbonyl (C=O) groups is 1. The van der Waals surface area contributed by atoms with Crippen LogP contribution in [0.25, 0.3) is 0 Å². The van der Waals surface area contributed by atoms with Gasteiger partial charge >= 0.3 is 0 Å². The largest absolute Gasteiger partial charge is 0.355 e. The van der Waals surface area contributed by atoms with E-state index in [1.165, 1.54) is 12.2 Å². The number of anilines is 1. The first-order chi connectivity index (χ1) is 7.42. The van der Waals surface area contributed by atoms with Gasteiger partial charge in [-0.05, 0) is 24.3 Å². The van der Waals surface area contributed by atoms with E-state index in [1.54, 1.807) is 12.3 Å². The molecule has 0 bridgehead atoms. The van der Waals surface area contributed by atoms with Crippen LogP contribution in [0.15, 0.2) is 18.3 Å². The summed E-state index contributed by atoms with van der Waals surface area (Å²) in [5.74, 6) is 3.17. The molecule has 80 valence electrons. The number of nitrogens with zero attached hydrogens (tertiary/aromatic N) is 2. The van der Waals surface area contributed by atoms with Crippen molar-refractivity contribution >= 4 is 23.9 Å². The smallest absolute Gasteiger partial charge is 0.153 e. The minimum absolute atomic E-state index is 0.699. The van der Waals surface area contributed by atoms with Gasteiger partial charge in [-0.15, -0.1) is 0 Å². The Balaban J connectivity index is 2.22. The summed E-state index contributed by atoms with van der Waals surface area (Å²) in [7, 11) is 0. The standard InChI is InChI=1S/C11H14N2OS/c14-9-10-3-1-4-12-11(10)13-5-2-7-15-8-6-13/h1,3-4,9H,2,5-8H2. The average molecular weight is 222 g/mol. The Morgan fingerprint density at radius 2 is 2.33 bits per heavy atom. The molecule has 15 heavy (non-hydrogen) atoms. The summed E-state index contributed by atoms with van der Waals surface area (Å²) in [6, 6.07) is 3.63. The van der Waals surface area contributed by atoms with E-state index in [1.807, 2.05) is 17.8 Å². The van der Waals surface area contributed by atoms with E-state index in [0.717, 1.165) is 30.9 Å². The van der Waals surface area contributed by atoms with Crippen molar-refractivity contribution in [1.82, 2.24) is 4.98 Å². The lowest BCUT2D eigenvalue weighted by atomic mass is 10.2. The zero-order valence-corrected chi connectivity index (χ0v) is 9.37. The highest BCUT2D eigenvalue weighted by Gasteiger charge is 2.13. The van der Waals surface area contributed by atoms with Crippen molar-refractivity contribution in [3.63, 3.8) is 0 Å². The third kappa shape index (κ3) is 2.50. The molecular formula is C11H14N2OS. The molecule has 2 rings (SSSR count). The number of carbonyl (C=O) groups excluding carboxylic acids is 1. The first-order valence-corrected chi connectivity index (χ1v) is 6.30. The van der Waals surface area contributed by atoms with Crippen molar-refractivity contribution in [1.29, 1.82) is 0 Å². The van der Waals surface area contributed by atoms with Gasteiger partial charge in [0.25, 0.3) is 0 Å². The molecule has 0 atom stereocenters. The second kappa shape index (κ2) is 5.16. The molecule has 1 saturated heterocycles. The lowest BCUT2D eigenvalue weighted by Gasteiger charge is -2.22. The van der Waals surface area contributed by atoms with Gasteiger partial charge in [0, 0.05) is 25.0 Å². The van der Waals surface area contributed by atoms with Crippen LogP contribution in [0, 0.1) is 0 Å². The van der Waals surface area contributed by atoms with E-state index in [-0.39, 0.29) is 0 Å². The summed E-state index contributed by atoms with van der Waals surface area (Å²) in [4.78, 5) is 17.4. The van der Waals surface area contributed by atoms with Crippen LogP contribution < -0.4 is 4.90 Å². The molecule has 0 N–H and O–H groups in total. The molecule has 0 saturated carbocycles. The van der Waals surface area contributed by atoms with Crippen LogP contribution in [-0.4, -0.2) is 35.9 Å². The molecule has 0 aromatic carbocycles. The van der Waals surface area contributed by atoms with Gasteiger partial charge in [0.05, 0.1) is 5.56 Å². The van der Waals surface area contributed by atoms with Crippen molar-refractivity contribution in [3.8, 4) is 0 Å². The summed E-state index contributed by atoms with van der Waals surface area (Å²) < 4.78 is 0. The fourth-order valence-electron chi connectivity index (χ4n) is 1.72. The molecule has 3 nitrogen and oxygen atoms in total. The highest BCUT2D eigenvalue weighted by molar-refractivity contribution is 7.99. The van der Waals surface area contributed by atoms with Crippen LogP contribution in [0.4, 0.5) is 5.82 Å². The zero-order valence-electron chi connectivity index (χ0n) is 8.56. The maximum absolute atomic E-state index is 10.9. The second-order valence-corrected chi connectivity index (χ2v) is 4.71. The molecule has 1 aromatic rings. The normalized spacial score (nSPS) is 17.2. The number of pyridine rings is 1. The number of thioether (sulfide) groups is 1. The van der Waals surface area contributed by atoms with Gasteiger partial charge in [-0.25, -0.2) is 4.98 Å². The number of aromatic nitrogens is 1. The Morgan fingerprint density at radius 1 is 1.40 bits per heavy atom. The summed E-state index contributed by atoms with van der Waals surface area (Å²) in [5.41, 5.74) is 0.699. The molecule has 0 radical (unpaired) electrons. The highest BCUT2D eigenvalue weighted by atomic mass is 32.2. The molecule has 1 aliphatic heterocycles. The Labute approximate surface area is 93.9 Å². The average Bonchev–Trinajstić information content (AvgIpc) is 2.57. The predicted octanol–water partition coefficient (Wildman–Crippen LogP) is 1.84. The van der Waals surface area contributed by atoms with Gasteiger partial charge in [-0.2, -0.15) is 11.8 Å². The second-order valence-electron chi connectivity index (χ2n) is 3.49. The van der Waals surface area contributed by atoms with E-state index in [0.29, 0.717) is 5.56 Å². The topological polar surface area (TPSA) is 33.2 Å². The van der Waals surface area contributed by atoms with Crippen molar-refractivity contribution in [3.05, 3.63) is 23.9 Å². The number of aldehydes is 1. The number of hydrogen-bond donors (Lipinski definition) is 0. The van der Waals surface area contributed by atoms with Crippen LogP contribution in [0.1, 0.15) is 16.8 Å². The van der Waals surface area contributed by atoms with Gasteiger partial charge in [0.1, 0.15) is 5.82 Å².